The fourth-order valence-electron chi connectivity index (χ4n) is 2.50. The quantitative estimate of drug-likeness (QED) is 0.672. The van der Waals surface area contributed by atoms with Crippen LogP contribution in [0, 0.1) is 11.3 Å². The first-order valence-corrected chi connectivity index (χ1v) is 6.33. The molecule has 0 saturated carbocycles. The van der Waals surface area contributed by atoms with Gasteiger partial charge in [-0.1, -0.05) is 36.4 Å². The van der Waals surface area contributed by atoms with Crippen LogP contribution in [0.2, 0.25) is 0 Å². The second-order valence-corrected chi connectivity index (χ2v) is 4.52. The van der Waals surface area contributed by atoms with E-state index in [-0.39, 0.29) is 5.92 Å². The van der Waals surface area contributed by atoms with Gasteiger partial charge in [0.1, 0.15) is 11.5 Å². The molecule has 0 radical (unpaired) electrons. The molecule has 0 spiro atoms. The Morgan fingerprint density at radius 3 is 2.16 bits per heavy atom. The first kappa shape index (κ1) is 11.8. The molecule has 19 heavy (non-hydrogen) atoms. The van der Waals surface area contributed by atoms with Gasteiger partial charge >= 0.3 is 0 Å². The molecule has 3 rings (SSSR count). The van der Waals surface area contributed by atoms with E-state index in [0.29, 0.717) is 6.54 Å². The fraction of sp³-hybridized carbons (Fsp3) is 0.188. The number of nitrogens with one attached hydrogen (secondary N) is 1. The minimum atomic E-state index is 0.231. The monoisotopic (exact) mass is 250 g/mol. The van der Waals surface area contributed by atoms with Crippen molar-refractivity contribution in [2.75, 3.05) is 13.1 Å². The van der Waals surface area contributed by atoms with Gasteiger partial charge < -0.3 is 10.1 Å². The highest BCUT2D eigenvalue weighted by Crippen LogP contribution is 2.43. The maximum atomic E-state index is 8.65. The van der Waals surface area contributed by atoms with E-state index in [4.69, 9.17) is 10.00 Å². The Morgan fingerprint density at radius 2 is 1.58 bits per heavy atom. The van der Waals surface area contributed by atoms with E-state index in [9.17, 15) is 0 Å². The summed E-state index contributed by atoms with van der Waals surface area (Å²) < 4.78 is 5.92. The number of rotatable bonds is 3. The summed E-state index contributed by atoms with van der Waals surface area (Å²) in [6.07, 6.45) is 0. The Bertz CT molecular complexity index is 585. The summed E-state index contributed by atoms with van der Waals surface area (Å²) in [5, 5.41) is 11.8. The van der Waals surface area contributed by atoms with Crippen LogP contribution in [-0.2, 0) is 0 Å². The summed E-state index contributed by atoms with van der Waals surface area (Å²) in [6.45, 7) is 1.10. The minimum Gasteiger partial charge on any atom is -0.457 e. The molecular formula is C16H14N2O. The molecule has 2 aromatic rings. The summed E-state index contributed by atoms with van der Waals surface area (Å²) in [7, 11) is 0. The van der Waals surface area contributed by atoms with Gasteiger partial charge in [-0.05, 0) is 12.1 Å². The molecule has 1 N–H and O–H groups in total. The SMILES string of the molecule is N#CCNCC1c2ccccc2Oc2ccccc21. The van der Waals surface area contributed by atoms with Crippen LogP contribution >= 0.6 is 0 Å². The first-order valence-electron chi connectivity index (χ1n) is 6.33. The van der Waals surface area contributed by atoms with Crippen molar-refractivity contribution in [2.45, 2.75) is 5.92 Å². The Balaban J connectivity index is 1.99. The van der Waals surface area contributed by atoms with Crippen molar-refractivity contribution in [1.29, 1.82) is 5.26 Å². The number of benzene rings is 2. The van der Waals surface area contributed by atoms with Gasteiger partial charge in [0.15, 0.2) is 0 Å². The van der Waals surface area contributed by atoms with Crippen LogP contribution in [0.1, 0.15) is 17.0 Å². The topological polar surface area (TPSA) is 45.0 Å². The van der Waals surface area contributed by atoms with Crippen molar-refractivity contribution in [3.63, 3.8) is 0 Å². The van der Waals surface area contributed by atoms with Crippen LogP contribution in [0.25, 0.3) is 0 Å². The molecule has 0 aliphatic carbocycles. The Labute approximate surface area is 112 Å². The molecule has 0 bridgehead atoms. The van der Waals surface area contributed by atoms with E-state index in [1.54, 1.807) is 0 Å². The van der Waals surface area contributed by atoms with Crippen molar-refractivity contribution in [2.24, 2.45) is 0 Å². The van der Waals surface area contributed by atoms with Crippen LogP contribution in [0.4, 0.5) is 0 Å². The predicted molar refractivity (Wildman–Crippen MR) is 73.3 cm³/mol. The zero-order chi connectivity index (χ0) is 13.1. The van der Waals surface area contributed by atoms with Gasteiger partial charge in [-0.2, -0.15) is 5.26 Å². The summed E-state index contributed by atoms with van der Waals surface area (Å²) in [6, 6.07) is 18.3. The van der Waals surface area contributed by atoms with Crippen LogP contribution in [0.5, 0.6) is 11.5 Å². The molecule has 3 heteroatoms. The molecule has 94 valence electrons. The highest BCUT2D eigenvalue weighted by molar-refractivity contribution is 5.53. The molecular weight excluding hydrogens is 236 g/mol. The highest BCUT2D eigenvalue weighted by Gasteiger charge is 2.26. The van der Waals surface area contributed by atoms with E-state index >= 15 is 0 Å². The molecule has 2 aromatic carbocycles. The maximum Gasteiger partial charge on any atom is 0.131 e. The van der Waals surface area contributed by atoms with Crippen molar-refractivity contribution in [3.05, 3.63) is 59.7 Å². The average Bonchev–Trinajstić information content (AvgIpc) is 2.46. The summed E-state index contributed by atoms with van der Waals surface area (Å²) in [5.41, 5.74) is 2.35. The lowest BCUT2D eigenvalue weighted by Crippen LogP contribution is -2.24. The van der Waals surface area contributed by atoms with Gasteiger partial charge in [0.05, 0.1) is 12.6 Å². The molecule has 0 saturated heterocycles. The third-order valence-corrected chi connectivity index (χ3v) is 3.36. The van der Waals surface area contributed by atoms with Gasteiger partial charge in [0, 0.05) is 23.6 Å². The molecule has 1 heterocycles. The summed E-state index contributed by atoms with van der Waals surface area (Å²) >= 11 is 0. The lowest BCUT2D eigenvalue weighted by Gasteiger charge is -2.28. The number of ether oxygens (including phenoxy) is 1. The number of hydrogen-bond donors (Lipinski definition) is 1. The van der Waals surface area contributed by atoms with Gasteiger partial charge in [-0.25, -0.2) is 0 Å². The third-order valence-electron chi connectivity index (χ3n) is 3.36. The van der Waals surface area contributed by atoms with Crippen molar-refractivity contribution in [3.8, 4) is 17.6 Å². The molecule has 1 aliphatic rings. The Kier molecular flexibility index (Phi) is 3.18. The molecule has 0 aromatic heterocycles. The summed E-state index contributed by atoms with van der Waals surface area (Å²) in [4.78, 5) is 0. The molecule has 3 nitrogen and oxygen atoms in total. The van der Waals surface area contributed by atoms with Gasteiger partial charge in [0.2, 0.25) is 0 Å². The molecule has 0 fully saturated rings. The zero-order valence-corrected chi connectivity index (χ0v) is 10.5. The molecule has 0 unspecified atom stereocenters. The number of fused-ring (bicyclic) bond motifs is 2. The largest absolute Gasteiger partial charge is 0.457 e. The van der Waals surface area contributed by atoms with E-state index < -0.39 is 0 Å². The first-order chi connectivity index (χ1) is 9.40. The fourth-order valence-corrected chi connectivity index (χ4v) is 2.50. The molecule has 1 aliphatic heterocycles. The number of hydrogen-bond acceptors (Lipinski definition) is 3. The highest BCUT2D eigenvalue weighted by atomic mass is 16.5. The predicted octanol–water partition coefficient (Wildman–Crippen LogP) is 3.04. The molecule has 0 atom stereocenters. The third kappa shape index (κ3) is 2.18. The second-order valence-electron chi connectivity index (χ2n) is 4.52. The second kappa shape index (κ2) is 5.13. The van der Waals surface area contributed by atoms with E-state index in [2.05, 4.69) is 23.5 Å². The van der Waals surface area contributed by atoms with E-state index in [1.807, 2.05) is 36.4 Å². The van der Waals surface area contributed by atoms with Crippen LogP contribution in [-0.4, -0.2) is 13.1 Å². The number of nitriles is 1. The van der Waals surface area contributed by atoms with Gasteiger partial charge in [-0.3, -0.25) is 0 Å². The Hall–Kier alpha value is -2.31. The number of nitrogens with zero attached hydrogens (tertiary/aromatic N) is 1. The van der Waals surface area contributed by atoms with Crippen LogP contribution in [0.3, 0.4) is 0 Å². The average molecular weight is 250 g/mol. The smallest absolute Gasteiger partial charge is 0.131 e. The zero-order valence-electron chi connectivity index (χ0n) is 10.5. The standard InChI is InChI=1S/C16H14N2O/c17-9-10-18-11-14-12-5-1-3-7-15(12)19-16-8-4-2-6-13(14)16/h1-8,14,18H,10-11H2. The Morgan fingerprint density at radius 1 is 1.00 bits per heavy atom. The maximum absolute atomic E-state index is 8.65. The van der Waals surface area contributed by atoms with E-state index in [0.717, 1.165) is 18.0 Å². The van der Waals surface area contributed by atoms with Gasteiger partial charge in [0.25, 0.3) is 0 Å². The van der Waals surface area contributed by atoms with Crippen molar-refractivity contribution in [1.82, 2.24) is 5.32 Å². The van der Waals surface area contributed by atoms with Crippen molar-refractivity contribution < 1.29 is 4.74 Å². The van der Waals surface area contributed by atoms with E-state index in [1.165, 1.54) is 11.1 Å². The normalized spacial score (nSPS) is 13.0. The van der Waals surface area contributed by atoms with Crippen molar-refractivity contribution >= 4 is 0 Å². The number of para-hydroxylation sites is 2. The van der Waals surface area contributed by atoms with Gasteiger partial charge in [-0.15, -0.1) is 0 Å². The minimum absolute atomic E-state index is 0.231. The summed E-state index contributed by atoms with van der Waals surface area (Å²) in [5.74, 6) is 2.05. The lowest BCUT2D eigenvalue weighted by molar-refractivity contribution is 0.442. The molecule has 0 amide bonds. The van der Waals surface area contributed by atoms with Crippen LogP contribution in [0.15, 0.2) is 48.5 Å². The lowest BCUT2D eigenvalue weighted by atomic mass is 9.88. The van der Waals surface area contributed by atoms with Crippen LogP contribution < -0.4 is 10.1 Å².